The highest BCUT2D eigenvalue weighted by molar-refractivity contribution is 7.89. The van der Waals surface area contributed by atoms with Crippen LogP contribution in [0.1, 0.15) is 26.5 Å². The van der Waals surface area contributed by atoms with E-state index in [1.807, 2.05) is 24.3 Å². The van der Waals surface area contributed by atoms with Crippen LogP contribution < -0.4 is 4.72 Å². The number of para-hydroxylation sites is 1. The Balaban J connectivity index is 0.00000124. The number of hydrogen-bond acceptors (Lipinski definition) is 3. The minimum Gasteiger partial charge on any atom is -0.480 e. The van der Waals surface area contributed by atoms with Gasteiger partial charge in [0.15, 0.2) is 0 Å². The summed E-state index contributed by atoms with van der Waals surface area (Å²) < 4.78 is 48.6. The number of nitrogens with one attached hydrogen (secondary N) is 1. The molecule has 1 unspecified atom stereocenters. The molecule has 1 aromatic heterocycles. The average Bonchev–Trinajstić information content (AvgIpc) is 3.02. The minimum absolute atomic E-state index is 0.0213. The maximum Gasteiger partial charge on any atom is 0.323 e. The molecule has 1 aliphatic carbocycles. The summed E-state index contributed by atoms with van der Waals surface area (Å²) in [6, 6.07) is 12.0. The van der Waals surface area contributed by atoms with E-state index in [0.29, 0.717) is 19.3 Å². The molecule has 1 atom stereocenters. The summed E-state index contributed by atoms with van der Waals surface area (Å²) in [6.07, 6.45) is 1.61. The first kappa shape index (κ1) is 19.6. The van der Waals surface area contributed by atoms with Crippen molar-refractivity contribution in [2.75, 3.05) is 0 Å². The van der Waals surface area contributed by atoms with E-state index in [0.717, 1.165) is 34.3 Å². The Morgan fingerprint density at radius 3 is 2.62 bits per heavy atom. The predicted octanol–water partition coefficient (Wildman–Crippen LogP) is 3.34. The van der Waals surface area contributed by atoms with E-state index >= 15 is 0 Å². The molecule has 154 valence electrons. The van der Waals surface area contributed by atoms with Crippen molar-refractivity contribution in [1.29, 1.82) is 0 Å². The SMILES string of the molecule is O=C(O)Cn1c2c(c3ccccc31)CC(NS(=O)(=O)c1ccc(F)cc1)CC2.[3H]C. The number of nitrogens with zero attached hydrogens (tertiary/aromatic N) is 1. The number of benzene rings is 2. The topological polar surface area (TPSA) is 88.4 Å². The fraction of sp³-hybridized carbons (Fsp3) is 0.286. The van der Waals surface area contributed by atoms with Crippen LogP contribution in [0.25, 0.3) is 10.9 Å². The molecule has 4 rings (SSSR count). The van der Waals surface area contributed by atoms with Gasteiger partial charge in [-0.3, -0.25) is 4.79 Å². The van der Waals surface area contributed by atoms with Gasteiger partial charge < -0.3 is 9.67 Å². The molecule has 1 aliphatic rings. The second-order valence-electron chi connectivity index (χ2n) is 6.94. The van der Waals surface area contributed by atoms with Crippen LogP contribution in [-0.2, 0) is 34.2 Å². The lowest BCUT2D eigenvalue weighted by molar-refractivity contribution is -0.137. The van der Waals surface area contributed by atoms with Crippen LogP contribution in [0.15, 0.2) is 53.4 Å². The number of carbonyl (C=O) groups is 1. The van der Waals surface area contributed by atoms with Crippen LogP contribution in [0.3, 0.4) is 0 Å². The molecule has 0 saturated heterocycles. The van der Waals surface area contributed by atoms with E-state index in [1.165, 1.54) is 19.5 Å². The number of carboxylic acids is 1. The van der Waals surface area contributed by atoms with Crippen molar-refractivity contribution < 1.29 is 24.1 Å². The number of halogens is 1. The first-order chi connectivity index (χ1) is 14.3. The first-order valence-corrected chi connectivity index (χ1v) is 10.4. The van der Waals surface area contributed by atoms with E-state index in [9.17, 15) is 22.7 Å². The fourth-order valence-corrected chi connectivity index (χ4v) is 5.19. The maximum atomic E-state index is 13.1. The molecule has 29 heavy (non-hydrogen) atoms. The molecular weight excluding hydrogens is 395 g/mol. The number of carboxylic acid groups (broad SMARTS) is 1. The number of aliphatic carboxylic acids is 1. The zero-order valence-electron chi connectivity index (χ0n) is 16.9. The van der Waals surface area contributed by atoms with Gasteiger partial charge in [0.25, 0.3) is 0 Å². The highest BCUT2D eigenvalue weighted by Crippen LogP contribution is 2.32. The number of hydrogen-bond donors (Lipinski definition) is 2. The number of sulfonamides is 1. The molecule has 0 radical (unpaired) electrons. The van der Waals surface area contributed by atoms with Gasteiger partial charge in [0, 0.05) is 24.0 Å². The molecule has 0 bridgehead atoms. The lowest BCUT2D eigenvalue weighted by Crippen LogP contribution is -2.39. The van der Waals surface area contributed by atoms with Gasteiger partial charge in [0.1, 0.15) is 12.4 Å². The zero-order chi connectivity index (χ0) is 21.9. The van der Waals surface area contributed by atoms with Gasteiger partial charge in [-0.15, -0.1) is 0 Å². The third kappa shape index (κ3) is 4.04. The highest BCUT2D eigenvalue weighted by atomic mass is 32.2. The molecule has 0 amide bonds. The highest BCUT2D eigenvalue weighted by Gasteiger charge is 2.29. The van der Waals surface area contributed by atoms with Gasteiger partial charge in [-0.25, -0.2) is 17.5 Å². The summed E-state index contributed by atoms with van der Waals surface area (Å²) in [5, 5.41) is 10.2. The molecule has 0 spiro atoms. The van der Waals surface area contributed by atoms with E-state index in [4.69, 9.17) is 1.37 Å². The van der Waals surface area contributed by atoms with Crippen molar-refractivity contribution in [3.05, 3.63) is 65.6 Å². The molecule has 2 aromatic carbocycles. The molecule has 0 aliphatic heterocycles. The molecule has 1 heterocycles. The van der Waals surface area contributed by atoms with Crippen LogP contribution in [0, 0.1) is 5.82 Å². The van der Waals surface area contributed by atoms with Crippen molar-refractivity contribution in [1.82, 2.24) is 9.29 Å². The summed E-state index contributed by atoms with van der Waals surface area (Å²) in [5.41, 5.74) is 2.77. The summed E-state index contributed by atoms with van der Waals surface area (Å²) in [6.45, 7) is -0.123. The molecule has 2 N–H and O–H groups in total. The van der Waals surface area contributed by atoms with E-state index in [2.05, 4.69) is 4.72 Å². The van der Waals surface area contributed by atoms with Gasteiger partial charge in [-0.2, -0.15) is 0 Å². The summed E-state index contributed by atoms with van der Waals surface area (Å²) >= 11 is 0. The number of rotatable bonds is 5. The minimum atomic E-state index is -3.76. The third-order valence-corrected chi connectivity index (χ3v) is 6.65. The lowest BCUT2D eigenvalue weighted by atomic mass is 9.92. The van der Waals surface area contributed by atoms with Crippen molar-refractivity contribution in [3.63, 3.8) is 0 Å². The predicted molar refractivity (Wildman–Crippen MR) is 109 cm³/mol. The Morgan fingerprint density at radius 2 is 1.93 bits per heavy atom. The summed E-state index contributed by atoms with van der Waals surface area (Å²) in [7, 11) is -2.51. The Bertz CT molecular complexity index is 1160. The van der Waals surface area contributed by atoms with Gasteiger partial charge in [-0.1, -0.05) is 25.6 Å². The van der Waals surface area contributed by atoms with Crippen LogP contribution in [0.2, 0.25) is 0 Å². The smallest absolute Gasteiger partial charge is 0.323 e. The van der Waals surface area contributed by atoms with Gasteiger partial charge in [0.05, 0.1) is 4.90 Å². The number of aromatic nitrogens is 1. The largest absolute Gasteiger partial charge is 0.480 e. The maximum absolute atomic E-state index is 13.1. The van der Waals surface area contributed by atoms with Crippen molar-refractivity contribution >= 4 is 26.9 Å². The quantitative estimate of drug-likeness (QED) is 0.663. The second-order valence-corrected chi connectivity index (χ2v) is 8.65. The van der Waals surface area contributed by atoms with Crippen LogP contribution in [-0.4, -0.2) is 30.1 Å². The first-order valence-electron chi connectivity index (χ1n) is 9.94. The standard InChI is InChI=1S/C20H19FN2O4S.CH4/c21-13-5-8-15(9-6-13)28(26,27)22-14-7-10-19-17(11-14)16-3-1-2-4-18(16)23(19)12-20(24)25;/h1-6,8-9,14,22H,7,10-12H2,(H,24,25);1H4/i;1T. The van der Waals surface area contributed by atoms with Gasteiger partial charge >= 0.3 is 5.97 Å². The molecule has 6 nitrogen and oxygen atoms in total. The molecule has 0 fully saturated rings. The van der Waals surface area contributed by atoms with Gasteiger partial charge in [-0.05, 0) is 55.2 Å². The van der Waals surface area contributed by atoms with Crippen LogP contribution >= 0.6 is 0 Å². The Morgan fingerprint density at radius 1 is 1.24 bits per heavy atom. The molecule has 3 aromatic rings. The summed E-state index contributed by atoms with van der Waals surface area (Å²) in [5.74, 6) is -1.41. The monoisotopic (exact) mass is 420 g/mol. The molecule has 0 saturated carbocycles. The van der Waals surface area contributed by atoms with Crippen LogP contribution in [0.4, 0.5) is 4.39 Å². The van der Waals surface area contributed by atoms with Crippen molar-refractivity contribution in [3.8, 4) is 0 Å². The second kappa shape index (κ2) is 7.96. The zero-order valence-corrected chi connectivity index (χ0v) is 16.7. The normalized spacial score (nSPS) is 16.5. The Hall–Kier alpha value is -2.71. The summed E-state index contributed by atoms with van der Waals surface area (Å²) in [4.78, 5) is 11.3. The lowest BCUT2D eigenvalue weighted by Gasteiger charge is -2.24. The van der Waals surface area contributed by atoms with E-state index in [-0.39, 0.29) is 17.5 Å². The molecule has 8 heteroatoms. The van der Waals surface area contributed by atoms with E-state index < -0.39 is 21.8 Å². The van der Waals surface area contributed by atoms with Crippen molar-refractivity contribution in [2.24, 2.45) is 0 Å². The fourth-order valence-electron chi connectivity index (χ4n) is 3.92. The van der Waals surface area contributed by atoms with Crippen LogP contribution in [0.5, 0.6) is 0 Å². The average molecular weight is 420 g/mol. The van der Waals surface area contributed by atoms with E-state index in [1.54, 1.807) is 4.57 Å². The van der Waals surface area contributed by atoms with Crippen molar-refractivity contribution in [2.45, 2.75) is 44.1 Å². The Labute approximate surface area is 170 Å². The number of fused-ring (bicyclic) bond motifs is 3. The van der Waals surface area contributed by atoms with Gasteiger partial charge in [0.2, 0.25) is 10.0 Å². The Kier molecular flexibility index (Phi) is 5.38. The third-order valence-electron chi connectivity index (χ3n) is 5.11. The molecular formula is C21H23FN2O4S.